The van der Waals surface area contributed by atoms with Crippen molar-refractivity contribution in [3.05, 3.63) is 53.3 Å². The fourth-order valence-corrected chi connectivity index (χ4v) is 9.16. The predicted octanol–water partition coefficient (Wildman–Crippen LogP) is 5.56. The minimum Gasteiger partial charge on any atom is -0.461 e. The van der Waals surface area contributed by atoms with Crippen LogP contribution in [0.5, 0.6) is 6.01 Å². The first-order valence-electron chi connectivity index (χ1n) is 17.1. The van der Waals surface area contributed by atoms with Crippen LogP contribution in [-0.4, -0.2) is 85.1 Å². The number of aromatic amines is 1. The number of anilines is 1. The third kappa shape index (κ3) is 4.32. The van der Waals surface area contributed by atoms with E-state index in [1.807, 2.05) is 13.0 Å². The molecule has 1 unspecified atom stereocenters. The number of aromatic nitrogens is 6. The maximum atomic E-state index is 17.2. The molecule has 48 heavy (non-hydrogen) atoms. The van der Waals surface area contributed by atoms with Gasteiger partial charge < -0.3 is 18.8 Å². The minimum absolute atomic E-state index is 0.0898. The first kappa shape index (κ1) is 28.8. The van der Waals surface area contributed by atoms with E-state index in [1.54, 1.807) is 18.6 Å². The molecule has 4 fully saturated rings. The Morgan fingerprint density at radius 3 is 2.88 bits per heavy atom. The highest BCUT2D eigenvalue weighted by molar-refractivity contribution is 5.99. The van der Waals surface area contributed by atoms with Gasteiger partial charge in [-0.05, 0) is 62.8 Å². The quantitative estimate of drug-likeness (QED) is 0.265. The summed E-state index contributed by atoms with van der Waals surface area (Å²) in [6.07, 6.45) is 10.1. The number of hydrogen-bond acceptors (Lipinski definition) is 10. The number of H-pyrrole nitrogens is 1. The Morgan fingerprint density at radius 2 is 1.96 bits per heavy atom. The summed E-state index contributed by atoms with van der Waals surface area (Å²) >= 11 is 0. The standard InChI is InChI=1S/C35H36F2N8O3/c1-19-10-25-23(15-40-43-25)27-22(19)5-4-21-13-39-32(47-21)26-12-35(48-26)7-3-8-44(17-35)31-24-14-38-30(27)28(37)29(24)41-33(42-31)46-18-34-6-2-9-45(34)16-20(36)11-34/h10,13-15,20,26H,2-9,11-12,16-18H2,1H3,(H,40,43)/t20-,26-,34+,35?/m1/s1. The zero-order valence-electron chi connectivity index (χ0n) is 26.8. The molecule has 0 radical (unpaired) electrons. The van der Waals surface area contributed by atoms with Gasteiger partial charge in [-0.3, -0.25) is 15.0 Å². The van der Waals surface area contributed by atoms with Crippen molar-refractivity contribution in [2.24, 2.45) is 0 Å². The lowest BCUT2D eigenvalue weighted by Crippen LogP contribution is -2.57. The third-order valence-electron chi connectivity index (χ3n) is 11.4. The molecule has 5 aromatic rings. The highest BCUT2D eigenvalue weighted by Crippen LogP contribution is 2.49. The van der Waals surface area contributed by atoms with Crippen LogP contribution < -0.4 is 9.64 Å². The van der Waals surface area contributed by atoms with Crippen molar-refractivity contribution in [2.75, 3.05) is 37.7 Å². The van der Waals surface area contributed by atoms with Crippen LogP contribution in [-0.2, 0) is 17.6 Å². The second-order valence-electron chi connectivity index (χ2n) is 14.4. The second kappa shape index (κ2) is 10.4. The molecule has 7 aliphatic heterocycles. The van der Waals surface area contributed by atoms with Gasteiger partial charge in [0.15, 0.2) is 5.82 Å². The normalized spacial score (nSPS) is 28.2. The van der Waals surface area contributed by atoms with E-state index < -0.39 is 12.0 Å². The third-order valence-corrected chi connectivity index (χ3v) is 11.4. The van der Waals surface area contributed by atoms with Crippen LogP contribution in [0.25, 0.3) is 33.1 Å². The van der Waals surface area contributed by atoms with Crippen molar-refractivity contribution in [3.63, 3.8) is 0 Å². The molecule has 1 spiro atoms. The number of piperidine rings is 1. The molecular weight excluding hydrogens is 618 g/mol. The number of nitrogens with one attached hydrogen (secondary N) is 1. The van der Waals surface area contributed by atoms with Crippen LogP contribution >= 0.6 is 0 Å². The molecule has 11 heterocycles. The number of pyridine rings is 1. The van der Waals surface area contributed by atoms with Gasteiger partial charge in [0.25, 0.3) is 0 Å². The summed E-state index contributed by atoms with van der Waals surface area (Å²) < 4.78 is 50.9. The number of fused-ring (bicyclic) bond motifs is 2. The molecule has 11 nitrogen and oxygen atoms in total. The van der Waals surface area contributed by atoms with Crippen LogP contribution in [0.3, 0.4) is 0 Å². The van der Waals surface area contributed by atoms with Crippen molar-refractivity contribution in [1.29, 1.82) is 0 Å². The van der Waals surface area contributed by atoms with E-state index in [0.29, 0.717) is 61.6 Å². The predicted molar refractivity (Wildman–Crippen MR) is 172 cm³/mol. The molecular formula is C35H36F2N8O3. The van der Waals surface area contributed by atoms with Crippen molar-refractivity contribution in [1.82, 2.24) is 35.0 Å². The molecule has 4 saturated heterocycles. The highest BCUT2D eigenvalue weighted by atomic mass is 19.1. The summed E-state index contributed by atoms with van der Waals surface area (Å²) in [5.41, 5.74) is 2.97. The fourth-order valence-electron chi connectivity index (χ4n) is 9.16. The van der Waals surface area contributed by atoms with Crippen molar-refractivity contribution in [3.8, 4) is 17.3 Å². The average molecular weight is 655 g/mol. The van der Waals surface area contributed by atoms with Gasteiger partial charge >= 0.3 is 6.01 Å². The smallest absolute Gasteiger partial charge is 0.319 e. The largest absolute Gasteiger partial charge is 0.461 e. The summed E-state index contributed by atoms with van der Waals surface area (Å²) in [4.78, 5) is 23.4. The summed E-state index contributed by atoms with van der Waals surface area (Å²) in [7, 11) is 0. The average Bonchev–Trinajstić information content (AvgIpc) is 3.86. The summed E-state index contributed by atoms with van der Waals surface area (Å²) in [6, 6.07) is 2.12. The van der Waals surface area contributed by atoms with Gasteiger partial charge in [-0.1, -0.05) is 0 Å². The maximum absolute atomic E-state index is 17.2. The molecule has 1 aromatic carbocycles. The van der Waals surface area contributed by atoms with Crippen LogP contribution in [0.15, 0.2) is 29.1 Å². The second-order valence-corrected chi connectivity index (χ2v) is 14.4. The van der Waals surface area contributed by atoms with E-state index in [2.05, 4.69) is 25.0 Å². The number of rotatable bonds is 3. The number of ether oxygens (including phenoxy) is 2. The highest BCUT2D eigenvalue weighted by Gasteiger charge is 2.51. The summed E-state index contributed by atoms with van der Waals surface area (Å²) in [6.45, 7) is 4.83. The zero-order chi connectivity index (χ0) is 32.2. The summed E-state index contributed by atoms with van der Waals surface area (Å²) in [5.74, 6) is 1.38. The van der Waals surface area contributed by atoms with Crippen LogP contribution in [0.1, 0.15) is 67.4 Å². The maximum Gasteiger partial charge on any atom is 0.319 e. The zero-order valence-corrected chi connectivity index (χ0v) is 26.8. The van der Waals surface area contributed by atoms with E-state index in [9.17, 15) is 4.39 Å². The van der Waals surface area contributed by atoms with Gasteiger partial charge in [-0.15, -0.1) is 0 Å². The molecule has 12 rings (SSSR count). The van der Waals surface area contributed by atoms with Crippen LogP contribution in [0.4, 0.5) is 14.6 Å². The monoisotopic (exact) mass is 654 g/mol. The Hall–Kier alpha value is -4.23. The molecule has 9 bridgehead atoms. The van der Waals surface area contributed by atoms with E-state index in [0.717, 1.165) is 66.4 Å². The number of nitrogens with zero attached hydrogens (tertiary/aromatic N) is 7. The van der Waals surface area contributed by atoms with E-state index in [1.165, 1.54) is 0 Å². The first-order valence-corrected chi connectivity index (χ1v) is 17.1. The SMILES string of the molecule is Cc1cc2[nH]ncc2c2c1CCc1cnc(o1)[C@H]1CC3(CCCN(C3)c3nc(OC[C@@]45CCCN4C[C@H](F)C5)nc4c(F)c-2ncc34)O1. The van der Waals surface area contributed by atoms with Gasteiger partial charge in [0, 0.05) is 56.0 Å². The molecule has 4 aromatic heterocycles. The topological polar surface area (TPSA) is 118 Å². The Bertz CT molecular complexity index is 2090. The van der Waals surface area contributed by atoms with E-state index >= 15 is 4.39 Å². The molecule has 4 atom stereocenters. The lowest BCUT2D eigenvalue weighted by molar-refractivity contribution is -0.220. The van der Waals surface area contributed by atoms with Gasteiger partial charge in [-0.25, -0.2) is 13.8 Å². The van der Waals surface area contributed by atoms with Crippen molar-refractivity contribution >= 4 is 27.6 Å². The van der Waals surface area contributed by atoms with Gasteiger partial charge in [-0.2, -0.15) is 15.1 Å². The number of alkyl halides is 1. The van der Waals surface area contributed by atoms with Crippen LogP contribution in [0.2, 0.25) is 0 Å². The summed E-state index contributed by atoms with van der Waals surface area (Å²) in [5, 5.41) is 8.64. The first-order chi connectivity index (χ1) is 23.4. The van der Waals surface area contributed by atoms with Crippen molar-refractivity contribution < 1.29 is 22.7 Å². The van der Waals surface area contributed by atoms with Gasteiger partial charge in [0.05, 0.1) is 34.4 Å². The van der Waals surface area contributed by atoms with E-state index in [4.69, 9.17) is 28.8 Å². The number of benzene rings is 1. The Balaban J connectivity index is 1.15. The molecule has 0 amide bonds. The Kier molecular flexibility index (Phi) is 6.22. The molecule has 13 heteroatoms. The molecule has 248 valence electrons. The molecule has 1 N–H and O–H groups in total. The molecule has 0 aliphatic carbocycles. The fraction of sp³-hybridized carbons (Fsp3) is 0.514. The minimum atomic E-state index is -0.883. The Morgan fingerprint density at radius 1 is 1.06 bits per heavy atom. The lowest BCUT2D eigenvalue weighted by atomic mass is 9.81. The number of oxazole rings is 1. The van der Waals surface area contributed by atoms with E-state index in [-0.39, 0.29) is 41.1 Å². The van der Waals surface area contributed by atoms with Crippen LogP contribution in [0, 0.1) is 12.7 Å². The number of aryl methyl sites for hydroxylation is 2. The molecule has 7 aliphatic rings. The number of halogens is 2. The molecule has 0 saturated carbocycles. The lowest BCUT2D eigenvalue weighted by Gasteiger charge is -2.52. The van der Waals surface area contributed by atoms with Crippen molar-refractivity contribution in [2.45, 2.75) is 81.7 Å². The van der Waals surface area contributed by atoms with Gasteiger partial charge in [0.1, 0.15) is 41.7 Å². The van der Waals surface area contributed by atoms with Gasteiger partial charge in [0.2, 0.25) is 5.89 Å². The number of hydrogen-bond donors (Lipinski definition) is 1. The Labute approximate surface area is 275 Å².